The molecule has 18 heavy (non-hydrogen) atoms. The fourth-order valence-corrected chi connectivity index (χ4v) is 2.13. The van der Waals surface area contributed by atoms with E-state index in [4.69, 9.17) is 4.74 Å². The molecule has 0 radical (unpaired) electrons. The second kappa shape index (κ2) is 4.82. The summed E-state index contributed by atoms with van der Waals surface area (Å²) < 4.78 is 7.75. The van der Waals surface area contributed by atoms with Crippen molar-refractivity contribution in [1.82, 2.24) is 15.1 Å². The van der Waals surface area contributed by atoms with E-state index < -0.39 is 0 Å². The highest BCUT2D eigenvalue weighted by atomic mass is 16.5. The van der Waals surface area contributed by atoms with Gasteiger partial charge in [0, 0.05) is 18.7 Å². The van der Waals surface area contributed by atoms with E-state index in [2.05, 4.69) is 29.5 Å². The zero-order valence-corrected chi connectivity index (χ0v) is 10.5. The van der Waals surface area contributed by atoms with Crippen molar-refractivity contribution in [3.63, 3.8) is 0 Å². The maximum Gasteiger partial charge on any atom is 0.233 e. The van der Waals surface area contributed by atoms with E-state index in [9.17, 15) is 0 Å². The minimum Gasteiger partial charge on any atom is -0.472 e. The lowest BCUT2D eigenvalue weighted by Crippen LogP contribution is -2.36. The molecule has 3 rings (SSSR count). The Hall–Kier alpha value is -1.81. The lowest BCUT2D eigenvalue weighted by Gasteiger charge is -2.20. The van der Waals surface area contributed by atoms with E-state index in [1.54, 1.807) is 0 Å². The summed E-state index contributed by atoms with van der Waals surface area (Å²) in [5.41, 5.74) is 2.35. The van der Waals surface area contributed by atoms with Crippen molar-refractivity contribution >= 4 is 0 Å². The van der Waals surface area contributed by atoms with Crippen molar-refractivity contribution in [2.24, 2.45) is 0 Å². The number of benzene rings is 1. The molecular formula is C14H17N3O. The molecular weight excluding hydrogens is 226 g/mol. The van der Waals surface area contributed by atoms with Crippen LogP contribution < -0.4 is 10.1 Å². The van der Waals surface area contributed by atoms with E-state index in [0.717, 1.165) is 18.7 Å². The summed E-state index contributed by atoms with van der Waals surface area (Å²) in [6.45, 7) is 4.50. The third-order valence-electron chi connectivity index (χ3n) is 3.15. The van der Waals surface area contributed by atoms with Crippen LogP contribution in [0.1, 0.15) is 18.2 Å². The van der Waals surface area contributed by atoms with Crippen LogP contribution in [0.2, 0.25) is 0 Å². The van der Waals surface area contributed by atoms with Gasteiger partial charge in [-0.1, -0.05) is 30.3 Å². The molecule has 1 aromatic carbocycles. The number of nitrogens with one attached hydrogen (secondary N) is 1. The molecule has 2 heterocycles. The Kier molecular flexibility index (Phi) is 3.02. The first-order valence-corrected chi connectivity index (χ1v) is 6.28. The summed E-state index contributed by atoms with van der Waals surface area (Å²) in [6, 6.07) is 12.6. The molecule has 0 amide bonds. The van der Waals surface area contributed by atoms with Crippen molar-refractivity contribution < 1.29 is 4.74 Å². The van der Waals surface area contributed by atoms with Gasteiger partial charge in [0.25, 0.3) is 0 Å². The van der Waals surface area contributed by atoms with Crippen LogP contribution in [0.4, 0.5) is 0 Å². The topological polar surface area (TPSA) is 39.1 Å². The van der Waals surface area contributed by atoms with Crippen LogP contribution in [-0.4, -0.2) is 15.8 Å². The van der Waals surface area contributed by atoms with Crippen LogP contribution in [0.25, 0.3) is 0 Å². The van der Waals surface area contributed by atoms with Gasteiger partial charge in [-0.3, -0.25) is 4.68 Å². The number of nitrogens with zero attached hydrogens (tertiary/aromatic N) is 2. The Labute approximate surface area is 107 Å². The van der Waals surface area contributed by atoms with Crippen molar-refractivity contribution in [2.75, 3.05) is 0 Å². The zero-order chi connectivity index (χ0) is 12.4. The Morgan fingerprint density at radius 1 is 1.39 bits per heavy atom. The monoisotopic (exact) mass is 243 g/mol. The summed E-state index contributed by atoms with van der Waals surface area (Å²) in [6.07, 6.45) is 0. The molecule has 94 valence electrons. The van der Waals surface area contributed by atoms with Gasteiger partial charge in [0.2, 0.25) is 5.88 Å². The molecule has 4 nitrogen and oxygen atoms in total. The standard InChI is InChI=1S/C14H17N3O/c1-11-9-17-13(8-15-11)7-14(16-17)18-10-12-5-3-2-4-6-12/h2-7,11,15H,8-10H2,1H3/t11-/m1/s1. The first kappa shape index (κ1) is 11.3. The number of aromatic nitrogens is 2. The summed E-state index contributed by atoms with van der Waals surface area (Å²) in [5, 5.41) is 7.88. The molecule has 0 unspecified atom stereocenters. The van der Waals surface area contributed by atoms with Crippen molar-refractivity contribution in [2.45, 2.75) is 32.7 Å². The predicted octanol–water partition coefficient (Wildman–Crippen LogP) is 1.95. The Morgan fingerprint density at radius 3 is 3.06 bits per heavy atom. The van der Waals surface area contributed by atoms with E-state index in [1.165, 1.54) is 5.69 Å². The van der Waals surface area contributed by atoms with Crippen LogP contribution in [0.5, 0.6) is 5.88 Å². The maximum atomic E-state index is 5.72. The van der Waals surface area contributed by atoms with Crippen LogP contribution in [0.15, 0.2) is 36.4 Å². The molecule has 0 bridgehead atoms. The van der Waals surface area contributed by atoms with Crippen molar-refractivity contribution in [1.29, 1.82) is 0 Å². The second-order valence-corrected chi connectivity index (χ2v) is 4.71. The Bertz CT molecular complexity index is 521. The molecule has 0 saturated heterocycles. The minimum absolute atomic E-state index is 0.472. The molecule has 1 aromatic heterocycles. The second-order valence-electron chi connectivity index (χ2n) is 4.71. The van der Waals surface area contributed by atoms with Crippen LogP contribution in [0.3, 0.4) is 0 Å². The lowest BCUT2D eigenvalue weighted by molar-refractivity contribution is 0.286. The lowest BCUT2D eigenvalue weighted by atomic mass is 10.2. The first-order chi connectivity index (χ1) is 8.81. The highest BCUT2D eigenvalue weighted by Crippen LogP contribution is 2.17. The van der Waals surface area contributed by atoms with E-state index in [1.807, 2.05) is 28.9 Å². The van der Waals surface area contributed by atoms with Gasteiger partial charge in [-0.05, 0) is 12.5 Å². The summed E-state index contributed by atoms with van der Waals surface area (Å²) in [4.78, 5) is 0. The first-order valence-electron chi connectivity index (χ1n) is 6.28. The molecule has 2 aromatic rings. The molecule has 0 saturated carbocycles. The fraction of sp³-hybridized carbons (Fsp3) is 0.357. The fourth-order valence-electron chi connectivity index (χ4n) is 2.13. The van der Waals surface area contributed by atoms with Gasteiger partial charge in [0.15, 0.2) is 0 Å². The van der Waals surface area contributed by atoms with Gasteiger partial charge in [-0.2, -0.15) is 0 Å². The van der Waals surface area contributed by atoms with Gasteiger partial charge in [0.05, 0.1) is 12.2 Å². The summed E-state index contributed by atoms with van der Waals surface area (Å²) >= 11 is 0. The maximum absolute atomic E-state index is 5.72. The predicted molar refractivity (Wildman–Crippen MR) is 69.3 cm³/mol. The molecule has 4 heteroatoms. The third kappa shape index (κ3) is 2.38. The smallest absolute Gasteiger partial charge is 0.233 e. The van der Waals surface area contributed by atoms with E-state index in [-0.39, 0.29) is 0 Å². The number of hydrogen-bond donors (Lipinski definition) is 1. The van der Waals surface area contributed by atoms with Crippen LogP contribution >= 0.6 is 0 Å². The molecule has 1 atom stereocenters. The van der Waals surface area contributed by atoms with Gasteiger partial charge < -0.3 is 10.1 Å². The number of rotatable bonds is 3. The number of hydrogen-bond acceptors (Lipinski definition) is 3. The summed E-state index contributed by atoms with van der Waals surface area (Å²) in [5.74, 6) is 0.713. The van der Waals surface area contributed by atoms with Gasteiger partial charge in [-0.25, -0.2) is 0 Å². The zero-order valence-electron chi connectivity index (χ0n) is 10.5. The van der Waals surface area contributed by atoms with Gasteiger partial charge in [-0.15, -0.1) is 5.10 Å². The minimum atomic E-state index is 0.472. The molecule has 1 N–H and O–H groups in total. The third-order valence-corrected chi connectivity index (χ3v) is 3.15. The number of ether oxygens (including phenoxy) is 1. The molecule has 0 fully saturated rings. The Balaban J connectivity index is 1.67. The average molecular weight is 243 g/mol. The average Bonchev–Trinajstić information content (AvgIpc) is 2.79. The highest BCUT2D eigenvalue weighted by molar-refractivity contribution is 5.19. The molecule has 1 aliphatic rings. The normalized spacial score (nSPS) is 18.4. The van der Waals surface area contributed by atoms with Crippen LogP contribution in [-0.2, 0) is 19.7 Å². The van der Waals surface area contributed by atoms with Crippen molar-refractivity contribution in [3.05, 3.63) is 47.7 Å². The van der Waals surface area contributed by atoms with Crippen molar-refractivity contribution in [3.8, 4) is 5.88 Å². The number of fused-ring (bicyclic) bond motifs is 1. The molecule has 0 aliphatic carbocycles. The largest absolute Gasteiger partial charge is 0.472 e. The van der Waals surface area contributed by atoms with Gasteiger partial charge >= 0.3 is 0 Å². The highest BCUT2D eigenvalue weighted by Gasteiger charge is 2.16. The summed E-state index contributed by atoms with van der Waals surface area (Å²) in [7, 11) is 0. The van der Waals surface area contributed by atoms with Gasteiger partial charge in [0.1, 0.15) is 6.61 Å². The quantitative estimate of drug-likeness (QED) is 0.895. The van der Waals surface area contributed by atoms with E-state index in [0.29, 0.717) is 18.5 Å². The molecule has 0 spiro atoms. The Morgan fingerprint density at radius 2 is 2.22 bits per heavy atom. The van der Waals surface area contributed by atoms with E-state index >= 15 is 0 Å². The SMILES string of the molecule is C[C@@H]1Cn2nc(OCc3ccccc3)cc2CN1. The molecule has 1 aliphatic heterocycles. The van der Waals surface area contributed by atoms with Crippen LogP contribution in [0, 0.1) is 0 Å².